The maximum Gasteiger partial charge on any atom is 0.327 e. The molecule has 0 aromatic heterocycles. The number of carboxylic acid groups (broad SMARTS) is 1. The largest absolute Gasteiger partial charge is 0.480 e. The zero-order valence-electron chi connectivity index (χ0n) is 13.7. The molecule has 2 heterocycles. The van der Waals surface area contributed by atoms with Gasteiger partial charge in [-0.2, -0.15) is 0 Å². The number of β-lactam (4-membered cyclic amide) rings is 1. The fourth-order valence-corrected chi connectivity index (χ4v) is 5.45. The van der Waals surface area contributed by atoms with E-state index in [4.69, 9.17) is 23.2 Å². The Balaban J connectivity index is 1.86. The minimum absolute atomic E-state index is 0.181. The number of halogens is 2. The number of carbonyl (C=O) groups is 3. The fourth-order valence-electron chi connectivity index (χ4n) is 3.32. The van der Waals surface area contributed by atoms with Crippen LogP contribution in [0, 0.1) is 0 Å². The Hall–Kier alpha value is -1.44. The maximum absolute atomic E-state index is 12.7. The molecule has 2 fully saturated rings. The van der Waals surface area contributed by atoms with E-state index in [9.17, 15) is 19.5 Å². The van der Waals surface area contributed by atoms with Gasteiger partial charge in [0, 0.05) is 9.77 Å². The van der Waals surface area contributed by atoms with Crippen molar-refractivity contribution in [2.75, 3.05) is 0 Å². The molecule has 1 aromatic carbocycles. The average Bonchev–Trinajstić information content (AvgIpc) is 2.76. The van der Waals surface area contributed by atoms with Crippen molar-refractivity contribution < 1.29 is 19.5 Å². The van der Waals surface area contributed by atoms with Gasteiger partial charge in [0.1, 0.15) is 17.0 Å². The first-order valence-corrected chi connectivity index (χ1v) is 9.13. The fraction of sp³-hybridized carbons (Fsp3) is 0.438. The second-order valence-electron chi connectivity index (χ2n) is 6.81. The summed E-state index contributed by atoms with van der Waals surface area (Å²) in [5, 5.41) is 12.3. The third-order valence-corrected chi connectivity index (χ3v) is 6.86. The molecule has 0 radical (unpaired) electrons. The molecule has 0 unspecified atom stereocenters. The molecule has 1 aromatic rings. The van der Waals surface area contributed by atoms with Crippen molar-refractivity contribution >= 4 is 52.7 Å². The van der Waals surface area contributed by atoms with Crippen molar-refractivity contribution in [3.05, 3.63) is 33.8 Å². The lowest BCUT2D eigenvalue weighted by Gasteiger charge is -2.51. The third kappa shape index (κ3) is 2.69. The molecule has 9 heteroatoms. The molecule has 3 atom stereocenters. The summed E-state index contributed by atoms with van der Waals surface area (Å²) in [5.74, 6) is -1.97. The summed E-state index contributed by atoms with van der Waals surface area (Å²) in [5.41, 5.74) is -0.984. The van der Waals surface area contributed by atoms with E-state index >= 15 is 0 Å². The van der Waals surface area contributed by atoms with Crippen LogP contribution in [0.3, 0.4) is 0 Å². The second-order valence-corrected chi connectivity index (χ2v) is 9.39. The summed E-state index contributed by atoms with van der Waals surface area (Å²) in [6.45, 7) is 5.16. The number of nitrogens with zero attached hydrogens (tertiary/aromatic N) is 1. The summed E-state index contributed by atoms with van der Waals surface area (Å²) in [4.78, 5) is 38.1. The SMILES string of the molecule is CC1(C)S[C@H]2N(C(=O)[C@]2(C)NC(=O)c2ccc(Cl)cc2Cl)[C@H]1C(=O)O. The molecular weight excluding hydrogens is 387 g/mol. The minimum atomic E-state index is -1.19. The molecule has 2 saturated heterocycles. The summed E-state index contributed by atoms with van der Waals surface area (Å²) in [6.07, 6.45) is 0. The Bertz CT molecular complexity index is 800. The average molecular weight is 403 g/mol. The highest BCUT2D eigenvalue weighted by Gasteiger charge is 2.70. The number of aliphatic carboxylic acids is 1. The van der Waals surface area contributed by atoms with E-state index < -0.39 is 39.5 Å². The summed E-state index contributed by atoms with van der Waals surface area (Å²) >= 11 is 13.2. The normalized spacial score (nSPS) is 29.8. The first-order valence-electron chi connectivity index (χ1n) is 7.50. The summed E-state index contributed by atoms with van der Waals surface area (Å²) in [6, 6.07) is 3.53. The van der Waals surface area contributed by atoms with Gasteiger partial charge in [0.05, 0.1) is 10.6 Å². The molecule has 25 heavy (non-hydrogen) atoms. The highest BCUT2D eigenvalue weighted by molar-refractivity contribution is 8.01. The number of carbonyl (C=O) groups excluding carboxylic acids is 2. The standard InChI is InChI=1S/C16H16Cl2N2O4S/c1-15(2)10(12(22)23)20-13(24)16(3,14(20)25-15)19-11(21)8-5-4-7(17)6-9(8)18/h4-6,10,14H,1-3H3,(H,19,21)(H,22,23)/t10-,14+,16-/m0/s1. The van der Waals surface area contributed by atoms with Crippen LogP contribution in [0.2, 0.25) is 10.0 Å². The maximum atomic E-state index is 12.7. The van der Waals surface area contributed by atoms with Crippen molar-refractivity contribution in [3.63, 3.8) is 0 Å². The zero-order chi connectivity index (χ0) is 18.7. The van der Waals surface area contributed by atoms with Gasteiger partial charge in [0.25, 0.3) is 11.8 Å². The third-order valence-electron chi connectivity index (χ3n) is 4.56. The lowest BCUT2D eigenvalue weighted by Crippen LogP contribution is -2.78. The Labute approximate surface area is 158 Å². The van der Waals surface area contributed by atoms with Crippen LogP contribution in [0.4, 0.5) is 0 Å². The smallest absolute Gasteiger partial charge is 0.327 e. The first-order chi connectivity index (χ1) is 11.5. The molecule has 2 aliphatic rings. The van der Waals surface area contributed by atoms with Crippen LogP contribution in [-0.4, -0.2) is 49.5 Å². The van der Waals surface area contributed by atoms with Gasteiger partial charge in [0.2, 0.25) is 0 Å². The molecule has 0 bridgehead atoms. The highest BCUT2D eigenvalue weighted by Crippen LogP contribution is 2.54. The predicted molar refractivity (Wildman–Crippen MR) is 96.1 cm³/mol. The first kappa shape index (κ1) is 18.4. The van der Waals surface area contributed by atoms with Crippen LogP contribution in [0.25, 0.3) is 0 Å². The quantitative estimate of drug-likeness (QED) is 0.758. The molecule has 2 aliphatic heterocycles. The lowest BCUT2D eigenvalue weighted by atomic mass is 9.86. The molecule has 134 valence electrons. The van der Waals surface area contributed by atoms with Gasteiger partial charge in [-0.15, -0.1) is 11.8 Å². The van der Waals surface area contributed by atoms with E-state index in [0.29, 0.717) is 5.02 Å². The van der Waals surface area contributed by atoms with E-state index in [1.165, 1.54) is 34.9 Å². The van der Waals surface area contributed by atoms with E-state index in [2.05, 4.69) is 5.32 Å². The van der Waals surface area contributed by atoms with Gasteiger partial charge in [0.15, 0.2) is 0 Å². The molecule has 3 rings (SSSR count). The van der Waals surface area contributed by atoms with Crippen LogP contribution < -0.4 is 5.32 Å². The van der Waals surface area contributed by atoms with E-state index in [1.54, 1.807) is 20.8 Å². The van der Waals surface area contributed by atoms with Gasteiger partial charge in [-0.05, 0) is 39.0 Å². The van der Waals surface area contributed by atoms with Gasteiger partial charge < -0.3 is 15.3 Å². The van der Waals surface area contributed by atoms with Crippen molar-refractivity contribution in [1.82, 2.24) is 10.2 Å². The molecule has 2 N–H and O–H groups in total. The number of thioether (sulfide) groups is 1. The number of benzene rings is 1. The number of amides is 2. The monoisotopic (exact) mass is 402 g/mol. The van der Waals surface area contributed by atoms with Gasteiger partial charge in [-0.25, -0.2) is 4.79 Å². The van der Waals surface area contributed by atoms with Gasteiger partial charge in [-0.1, -0.05) is 23.2 Å². The van der Waals surface area contributed by atoms with E-state index in [0.717, 1.165) is 0 Å². The van der Waals surface area contributed by atoms with Crippen LogP contribution in [0.5, 0.6) is 0 Å². The molecule has 2 amide bonds. The number of nitrogens with one attached hydrogen (secondary N) is 1. The second kappa shape index (κ2) is 5.79. The number of hydrogen-bond acceptors (Lipinski definition) is 4. The summed E-state index contributed by atoms with van der Waals surface area (Å²) in [7, 11) is 0. The Morgan fingerprint density at radius 1 is 1.28 bits per heavy atom. The zero-order valence-corrected chi connectivity index (χ0v) is 16.0. The Morgan fingerprint density at radius 3 is 2.48 bits per heavy atom. The molecular formula is C16H16Cl2N2O4S. The van der Waals surface area contributed by atoms with Crippen LogP contribution >= 0.6 is 35.0 Å². The molecule has 0 saturated carbocycles. The predicted octanol–water partition coefficient (Wildman–Crippen LogP) is 2.63. The molecule has 0 aliphatic carbocycles. The van der Waals surface area contributed by atoms with Crippen molar-refractivity contribution in [2.45, 2.75) is 42.5 Å². The molecule has 6 nitrogen and oxygen atoms in total. The summed E-state index contributed by atoms with van der Waals surface area (Å²) < 4.78 is -0.660. The Morgan fingerprint density at radius 2 is 1.92 bits per heavy atom. The van der Waals surface area contributed by atoms with E-state index in [1.807, 2.05) is 0 Å². The Kier molecular flexibility index (Phi) is 4.25. The molecule has 0 spiro atoms. The van der Waals surface area contributed by atoms with Crippen LogP contribution in [-0.2, 0) is 9.59 Å². The highest BCUT2D eigenvalue weighted by atomic mass is 35.5. The van der Waals surface area contributed by atoms with Gasteiger partial charge >= 0.3 is 5.97 Å². The topological polar surface area (TPSA) is 86.7 Å². The van der Waals surface area contributed by atoms with Gasteiger partial charge in [-0.3, -0.25) is 9.59 Å². The lowest BCUT2D eigenvalue weighted by molar-refractivity contribution is -0.165. The van der Waals surface area contributed by atoms with Crippen molar-refractivity contribution in [2.24, 2.45) is 0 Å². The number of hydrogen-bond donors (Lipinski definition) is 2. The van der Waals surface area contributed by atoms with Crippen molar-refractivity contribution in [3.8, 4) is 0 Å². The van der Waals surface area contributed by atoms with Crippen molar-refractivity contribution in [1.29, 1.82) is 0 Å². The number of rotatable bonds is 3. The number of carboxylic acids is 1. The number of fused-ring (bicyclic) bond motifs is 1. The minimum Gasteiger partial charge on any atom is -0.480 e. The van der Waals surface area contributed by atoms with Crippen LogP contribution in [0.15, 0.2) is 18.2 Å². The van der Waals surface area contributed by atoms with E-state index in [-0.39, 0.29) is 10.6 Å². The van der Waals surface area contributed by atoms with Crippen LogP contribution in [0.1, 0.15) is 31.1 Å².